The highest BCUT2D eigenvalue weighted by Crippen LogP contribution is 2.31. The fourth-order valence-electron chi connectivity index (χ4n) is 1.62. The van der Waals surface area contributed by atoms with E-state index in [2.05, 4.69) is 5.32 Å². The monoisotopic (exact) mass is 183 g/mol. The molecule has 1 unspecified atom stereocenters. The maximum Gasteiger partial charge on any atom is 0.171 e. The van der Waals surface area contributed by atoms with Gasteiger partial charge in [0.25, 0.3) is 0 Å². The van der Waals surface area contributed by atoms with Crippen molar-refractivity contribution in [2.24, 2.45) is 0 Å². The summed E-state index contributed by atoms with van der Waals surface area (Å²) in [6.45, 7) is 1.11. The number of thiophene rings is 1. The van der Waals surface area contributed by atoms with Gasteiger partial charge in [-0.1, -0.05) is 6.42 Å². The average molecular weight is 183 g/mol. The van der Waals surface area contributed by atoms with E-state index in [-0.39, 0.29) is 0 Å². The van der Waals surface area contributed by atoms with E-state index < -0.39 is 0 Å². The summed E-state index contributed by atoms with van der Waals surface area (Å²) in [6.07, 6.45) is 3.80. The van der Waals surface area contributed by atoms with Crippen molar-refractivity contribution >= 4 is 11.3 Å². The van der Waals surface area contributed by atoms with Crippen molar-refractivity contribution in [3.8, 4) is 5.06 Å². The lowest BCUT2D eigenvalue weighted by Gasteiger charge is -2.21. The Kier molecular flexibility index (Phi) is 2.33. The van der Waals surface area contributed by atoms with Gasteiger partial charge in [0.05, 0.1) is 0 Å². The van der Waals surface area contributed by atoms with Crippen LogP contribution in [0.2, 0.25) is 0 Å². The number of hydrogen-bond donors (Lipinski definition) is 2. The van der Waals surface area contributed by atoms with E-state index in [1.807, 2.05) is 6.07 Å². The molecule has 1 aliphatic rings. The van der Waals surface area contributed by atoms with Crippen LogP contribution in [0.1, 0.15) is 30.2 Å². The van der Waals surface area contributed by atoms with Crippen molar-refractivity contribution < 1.29 is 5.11 Å². The second kappa shape index (κ2) is 3.46. The van der Waals surface area contributed by atoms with Crippen LogP contribution in [-0.2, 0) is 0 Å². The predicted octanol–water partition coefficient (Wildman–Crippen LogP) is 2.27. The fraction of sp³-hybridized carbons (Fsp3) is 0.556. The molecule has 0 aliphatic carbocycles. The van der Waals surface area contributed by atoms with Gasteiger partial charge in [0, 0.05) is 10.9 Å². The summed E-state index contributed by atoms with van der Waals surface area (Å²) < 4.78 is 0. The van der Waals surface area contributed by atoms with E-state index in [0.29, 0.717) is 11.1 Å². The molecule has 1 atom stereocenters. The first-order valence-corrected chi connectivity index (χ1v) is 5.20. The van der Waals surface area contributed by atoms with Crippen LogP contribution in [0.5, 0.6) is 5.06 Å². The molecular weight excluding hydrogens is 170 g/mol. The zero-order valence-corrected chi connectivity index (χ0v) is 7.73. The van der Waals surface area contributed by atoms with E-state index in [9.17, 15) is 5.11 Å². The SMILES string of the molecule is Oc1ccc(C2CCCCN2)s1. The van der Waals surface area contributed by atoms with Gasteiger partial charge in [-0.15, -0.1) is 11.3 Å². The van der Waals surface area contributed by atoms with Crippen molar-refractivity contribution in [3.63, 3.8) is 0 Å². The second-order valence-electron chi connectivity index (χ2n) is 3.18. The molecule has 3 heteroatoms. The molecule has 2 N–H and O–H groups in total. The molecule has 0 aromatic carbocycles. The Hall–Kier alpha value is -0.540. The molecule has 1 fully saturated rings. The summed E-state index contributed by atoms with van der Waals surface area (Å²) in [5, 5.41) is 13.1. The number of hydrogen-bond acceptors (Lipinski definition) is 3. The van der Waals surface area contributed by atoms with E-state index in [4.69, 9.17) is 0 Å². The number of rotatable bonds is 1. The molecule has 2 heterocycles. The Morgan fingerprint density at radius 3 is 2.92 bits per heavy atom. The van der Waals surface area contributed by atoms with E-state index in [1.165, 1.54) is 35.5 Å². The van der Waals surface area contributed by atoms with Crippen LogP contribution in [0.4, 0.5) is 0 Å². The highest BCUT2D eigenvalue weighted by Gasteiger charge is 2.15. The average Bonchev–Trinajstić information content (AvgIpc) is 2.54. The van der Waals surface area contributed by atoms with Gasteiger partial charge in [0.1, 0.15) is 0 Å². The van der Waals surface area contributed by atoms with Crippen molar-refractivity contribution in [1.29, 1.82) is 0 Å². The topological polar surface area (TPSA) is 32.3 Å². The molecule has 12 heavy (non-hydrogen) atoms. The van der Waals surface area contributed by atoms with Crippen LogP contribution in [-0.4, -0.2) is 11.7 Å². The lowest BCUT2D eigenvalue weighted by molar-refractivity contribution is 0.417. The maximum absolute atomic E-state index is 9.17. The minimum absolute atomic E-state index is 0.428. The molecular formula is C9H13NOS. The smallest absolute Gasteiger partial charge is 0.171 e. The molecule has 0 bridgehead atoms. The molecule has 2 rings (SSSR count). The van der Waals surface area contributed by atoms with E-state index in [1.54, 1.807) is 6.07 Å². The first-order chi connectivity index (χ1) is 5.86. The quantitative estimate of drug-likeness (QED) is 0.700. The third kappa shape index (κ3) is 1.62. The van der Waals surface area contributed by atoms with Crippen molar-refractivity contribution in [2.75, 3.05) is 6.54 Å². The van der Waals surface area contributed by atoms with E-state index in [0.717, 1.165) is 6.54 Å². The first kappa shape index (κ1) is 8.08. The van der Waals surface area contributed by atoms with Gasteiger partial charge >= 0.3 is 0 Å². The van der Waals surface area contributed by atoms with Crippen LogP contribution < -0.4 is 5.32 Å². The Balaban J connectivity index is 2.08. The minimum atomic E-state index is 0.428. The molecule has 1 aliphatic heterocycles. The minimum Gasteiger partial charge on any atom is -0.499 e. The standard InChI is InChI=1S/C9H13NOS/c11-9-5-4-8(12-9)7-3-1-2-6-10-7/h4-5,7,10-11H,1-3,6H2. The number of nitrogens with one attached hydrogen (secondary N) is 1. The van der Waals surface area contributed by atoms with Gasteiger partial charge in [0.15, 0.2) is 5.06 Å². The summed E-state index contributed by atoms with van der Waals surface area (Å²) in [5.41, 5.74) is 0. The van der Waals surface area contributed by atoms with Crippen LogP contribution >= 0.6 is 11.3 Å². The number of piperidine rings is 1. The molecule has 66 valence electrons. The molecule has 0 radical (unpaired) electrons. The third-order valence-corrected chi connectivity index (χ3v) is 3.27. The van der Waals surface area contributed by atoms with Gasteiger partial charge in [-0.2, -0.15) is 0 Å². The second-order valence-corrected chi connectivity index (χ2v) is 4.27. The first-order valence-electron chi connectivity index (χ1n) is 4.38. The Labute approximate surface area is 76.2 Å². The van der Waals surface area contributed by atoms with Crippen molar-refractivity contribution in [3.05, 3.63) is 17.0 Å². The summed E-state index contributed by atoms with van der Waals surface area (Å²) >= 11 is 1.49. The Bertz CT molecular complexity index is 253. The van der Waals surface area contributed by atoms with E-state index >= 15 is 0 Å². The zero-order valence-electron chi connectivity index (χ0n) is 6.92. The Morgan fingerprint density at radius 1 is 1.42 bits per heavy atom. The van der Waals surface area contributed by atoms with Gasteiger partial charge in [-0.25, -0.2) is 0 Å². The molecule has 0 amide bonds. The van der Waals surface area contributed by atoms with Crippen molar-refractivity contribution in [1.82, 2.24) is 5.32 Å². The summed E-state index contributed by atoms with van der Waals surface area (Å²) in [6, 6.07) is 4.28. The van der Waals surface area contributed by atoms with Gasteiger partial charge in [-0.3, -0.25) is 0 Å². The molecule has 0 saturated carbocycles. The summed E-state index contributed by atoms with van der Waals surface area (Å²) in [7, 11) is 0. The normalized spacial score (nSPS) is 24.2. The van der Waals surface area contributed by atoms with Crippen LogP contribution in [0.15, 0.2) is 12.1 Å². The van der Waals surface area contributed by atoms with Gasteiger partial charge in [0.2, 0.25) is 0 Å². The summed E-state index contributed by atoms with van der Waals surface area (Å²) in [4.78, 5) is 1.27. The molecule has 0 spiro atoms. The lowest BCUT2D eigenvalue weighted by Crippen LogP contribution is -2.25. The fourth-order valence-corrected chi connectivity index (χ4v) is 2.48. The van der Waals surface area contributed by atoms with Crippen LogP contribution in [0.25, 0.3) is 0 Å². The van der Waals surface area contributed by atoms with Crippen LogP contribution in [0, 0.1) is 0 Å². The van der Waals surface area contributed by atoms with Crippen LogP contribution in [0.3, 0.4) is 0 Å². The molecule has 2 nitrogen and oxygen atoms in total. The zero-order chi connectivity index (χ0) is 8.39. The van der Waals surface area contributed by atoms with Gasteiger partial charge < -0.3 is 10.4 Å². The maximum atomic E-state index is 9.17. The highest BCUT2D eigenvalue weighted by molar-refractivity contribution is 7.13. The van der Waals surface area contributed by atoms with Crippen molar-refractivity contribution in [2.45, 2.75) is 25.3 Å². The number of aromatic hydroxyl groups is 1. The largest absolute Gasteiger partial charge is 0.499 e. The Morgan fingerprint density at radius 2 is 2.33 bits per heavy atom. The molecule has 1 saturated heterocycles. The predicted molar refractivity (Wildman–Crippen MR) is 50.6 cm³/mol. The highest BCUT2D eigenvalue weighted by atomic mass is 32.1. The molecule has 1 aromatic rings. The third-order valence-electron chi connectivity index (χ3n) is 2.27. The van der Waals surface area contributed by atoms with Gasteiger partial charge in [-0.05, 0) is 31.5 Å². The lowest BCUT2D eigenvalue weighted by atomic mass is 10.0. The summed E-state index contributed by atoms with van der Waals surface area (Å²) in [5.74, 6) is 0. The molecule has 1 aromatic heterocycles.